The molecule has 3 aromatic carbocycles. The van der Waals surface area contributed by atoms with Crippen molar-refractivity contribution in [3.8, 4) is 16.9 Å². The molecule has 1 fully saturated rings. The molecular weight excluding hydrogens is 603 g/mol. The maximum absolute atomic E-state index is 14.9. The number of allylic oxidation sites excluding steroid dienone is 3. The van der Waals surface area contributed by atoms with Crippen molar-refractivity contribution in [2.75, 3.05) is 7.11 Å². The van der Waals surface area contributed by atoms with E-state index in [1.54, 1.807) is 13.0 Å². The van der Waals surface area contributed by atoms with Crippen LogP contribution in [0.1, 0.15) is 50.7 Å². The number of ether oxygens (including phenoxy) is 2. The molecule has 11 heteroatoms. The lowest BCUT2D eigenvalue weighted by atomic mass is 9.83. The minimum atomic E-state index is -4.99. The number of methoxy groups -OCH3 is 1. The second kappa shape index (κ2) is 12.1. The van der Waals surface area contributed by atoms with E-state index >= 15 is 0 Å². The minimum Gasteiger partial charge on any atom is -0.496 e. The maximum atomic E-state index is 14.9. The Morgan fingerprint density at radius 1 is 0.978 bits per heavy atom. The molecule has 3 atom stereocenters. The van der Waals surface area contributed by atoms with Crippen LogP contribution in [0.4, 0.5) is 35.5 Å². The van der Waals surface area contributed by atoms with Crippen LogP contribution in [0, 0.1) is 11.7 Å². The molecule has 0 radical (unpaired) electrons. The number of rotatable bonds is 6. The Hall–Kier alpha value is -4.02. The van der Waals surface area contributed by atoms with Crippen LogP contribution in [-0.2, 0) is 11.3 Å². The van der Waals surface area contributed by atoms with Gasteiger partial charge >= 0.3 is 18.4 Å². The van der Waals surface area contributed by atoms with Gasteiger partial charge in [-0.25, -0.2) is 9.18 Å². The third-order valence-electron chi connectivity index (χ3n) is 8.48. The molecule has 1 aliphatic heterocycles. The van der Waals surface area contributed by atoms with Gasteiger partial charge in [0.1, 0.15) is 17.7 Å². The van der Waals surface area contributed by atoms with Crippen LogP contribution in [0.2, 0.25) is 0 Å². The fourth-order valence-electron chi connectivity index (χ4n) is 6.07. The van der Waals surface area contributed by atoms with E-state index < -0.39 is 59.9 Å². The van der Waals surface area contributed by atoms with E-state index in [0.717, 1.165) is 16.8 Å². The Labute approximate surface area is 256 Å². The second-order valence-electron chi connectivity index (χ2n) is 11.9. The molecular formula is C34H32F7NO3. The lowest BCUT2D eigenvalue weighted by Gasteiger charge is -2.40. The summed E-state index contributed by atoms with van der Waals surface area (Å²) in [6, 6.07) is 13.8. The molecule has 1 amide bonds. The van der Waals surface area contributed by atoms with Crippen LogP contribution < -0.4 is 4.74 Å². The zero-order valence-electron chi connectivity index (χ0n) is 25.0. The number of hydrogen-bond acceptors (Lipinski definition) is 3. The molecule has 0 bridgehead atoms. The maximum Gasteiger partial charge on any atom is 0.416 e. The SMILES string of the molecule is COc1cc(F)c(C(C)C)cc1-c1cc2ccccc2cc1CN1C(=O)O[C@H](C2C=C(C(F)(F)F)C=C(C(F)(F)F)C2)C[C@@H]1C. The van der Waals surface area contributed by atoms with Crippen molar-refractivity contribution >= 4 is 16.9 Å². The number of carbonyl (C=O) groups is 1. The van der Waals surface area contributed by atoms with Crippen LogP contribution in [0.5, 0.6) is 5.75 Å². The molecule has 3 aromatic rings. The topological polar surface area (TPSA) is 38.8 Å². The number of alkyl halides is 6. The number of hydrogen-bond donors (Lipinski definition) is 0. The Morgan fingerprint density at radius 3 is 2.22 bits per heavy atom. The van der Waals surface area contributed by atoms with Gasteiger partial charge in [-0.15, -0.1) is 0 Å². The summed E-state index contributed by atoms with van der Waals surface area (Å²) >= 11 is 0. The van der Waals surface area contributed by atoms with Crippen molar-refractivity contribution < 1.29 is 45.0 Å². The summed E-state index contributed by atoms with van der Waals surface area (Å²) in [6.07, 6.45) is -11.9. The molecule has 1 aliphatic carbocycles. The molecule has 2 aliphatic rings. The molecule has 0 saturated carbocycles. The summed E-state index contributed by atoms with van der Waals surface area (Å²) in [5, 5.41) is 1.76. The van der Waals surface area contributed by atoms with Gasteiger partial charge in [0.2, 0.25) is 0 Å². The van der Waals surface area contributed by atoms with Crippen LogP contribution >= 0.6 is 0 Å². The van der Waals surface area contributed by atoms with Gasteiger partial charge in [0.15, 0.2) is 0 Å². The molecule has 5 rings (SSSR count). The first-order valence-electron chi connectivity index (χ1n) is 14.5. The predicted octanol–water partition coefficient (Wildman–Crippen LogP) is 9.87. The van der Waals surface area contributed by atoms with Crippen molar-refractivity contribution in [1.82, 2.24) is 4.90 Å². The van der Waals surface area contributed by atoms with Gasteiger partial charge in [-0.1, -0.05) is 44.2 Å². The highest BCUT2D eigenvalue weighted by Crippen LogP contribution is 2.44. The monoisotopic (exact) mass is 635 g/mol. The van der Waals surface area contributed by atoms with E-state index in [0.29, 0.717) is 28.0 Å². The average Bonchev–Trinajstić information content (AvgIpc) is 2.97. The number of benzene rings is 3. The van der Waals surface area contributed by atoms with Gasteiger partial charge in [-0.05, 0) is 71.0 Å². The number of cyclic esters (lactones) is 1. The molecule has 1 unspecified atom stereocenters. The van der Waals surface area contributed by atoms with Gasteiger partial charge in [-0.2, -0.15) is 26.3 Å². The zero-order valence-corrected chi connectivity index (χ0v) is 25.0. The Kier molecular flexibility index (Phi) is 8.67. The van der Waals surface area contributed by atoms with E-state index in [-0.39, 0.29) is 25.0 Å². The van der Waals surface area contributed by atoms with E-state index in [1.165, 1.54) is 18.1 Å². The summed E-state index contributed by atoms with van der Waals surface area (Å²) in [5.74, 6) is -1.56. The zero-order chi connectivity index (χ0) is 32.8. The lowest BCUT2D eigenvalue weighted by molar-refractivity contribution is -0.102. The molecule has 0 aromatic heterocycles. The highest BCUT2D eigenvalue weighted by atomic mass is 19.4. The van der Waals surface area contributed by atoms with Crippen molar-refractivity contribution in [2.45, 2.75) is 70.6 Å². The first-order valence-corrected chi connectivity index (χ1v) is 14.5. The molecule has 1 saturated heterocycles. The first-order chi connectivity index (χ1) is 21.1. The fourth-order valence-corrected chi connectivity index (χ4v) is 6.07. The van der Waals surface area contributed by atoms with Gasteiger partial charge in [0, 0.05) is 42.1 Å². The average molecular weight is 636 g/mol. The highest BCUT2D eigenvalue weighted by Gasteiger charge is 2.45. The fraction of sp³-hybridized carbons (Fsp3) is 0.382. The summed E-state index contributed by atoms with van der Waals surface area (Å²) in [7, 11) is 1.43. The van der Waals surface area contributed by atoms with Crippen LogP contribution in [-0.4, -0.2) is 42.6 Å². The number of fused-ring (bicyclic) bond motifs is 1. The summed E-state index contributed by atoms with van der Waals surface area (Å²) in [4.78, 5) is 14.8. The summed E-state index contributed by atoms with van der Waals surface area (Å²) in [5.41, 5.74) is -0.285. The quantitative estimate of drug-likeness (QED) is 0.253. The van der Waals surface area contributed by atoms with Gasteiger partial charge in [0.25, 0.3) is 0 Å². The van der Waals surface area contributed by atoms with Crippen LogP contribution in [0.25, 0.3) is 21.9 Å². The standard InChI is InChI=1S/C34H32F7NO3/c1-18(2)26-15-28(31(44-4)16-29(26)35)27-13-21-8-6-5-7-20(21)10-23(27)17-42-19(3)9-30(45-32(42)43)22-11-24(33(36,37)38)14-25(12-22)34(39,40)41/h5-8,10-11,13-16,18-19,22,30H,9,12,17H2,1-4H3/t19-,22?,30-/m0/s1. The third-order valence-corrected chi connectivity index (χ3v) is 8.48. The van der Waals surface area contributed by atoms with Crippen LogP contribution in [0.3, 0.4) is 0 Å². The number of nitrogens with zero attached hydrogens (tertiary/aromatic N) is 1. The number of amides is 1. The van der Waals surface area contributed by atoms with Gasteiger partial charge in [-0.3, -0.25) is 0 Å². The van der Waals surface area contributed by atoms with Crippen molar-refractivity contribution in [3.63, 3.8) is 0 Å². The largest absolute Gasteiger partial charge is 0.496 e. The molecule has 1 heterocycles. The Bertz CT molecular complexity index is 1670. The predicted molar refractivity (Wildman–Crippen MR) is 156 cm³/mol. The Morgan fingerprint density at radius 2 is 1.64 bits per heavy atom. The molecule has 0 spiro atoms. The van der Waals surface area contributed by atoms with E-state index in [2.05, 4.69) is 0 Å². The van der Waals surface area contributed by atoms with E-state index in [9.17, 15) is 35.5 Å². The molecule has 240 valence electrons. The Balaban J connectivity index is 1.49. The van der Waals surface area contributed by atoms with Crippen molar-refractivity contribution in [2.24, 2.45) is 5.92 Å². The van der Waals surface area contributed by atoms with E-state index in [1.807, 2.05) is 50.2 Å². The minimum absolute atomic E-state index is 0.0173. The third kappa shape index (κ3) is 6.67. The van der Waals surface area contributed by atoms with Crippen molar-refractivity contribution in [1.29, 1.82) is 0 Å². The van der Waals surface area contributed by atoms with Crippen LogP contribution in [0.15, 0.2) is 71.8 Å². The van der Waals surface area contributed by atoms with Gasteiger partial charge < -0.3 is 14.4 Å². The van der Waals surface area contributed by atoms with Crippen molar-refractivity contribution in [3.05, 3.63) is 88.8 Å². The number of carbonyl (C=O) groups excluding carboxylic acids is 1. The number of halogens is 7. The second-order valence-corrected chi connectivity index (χ2v) is 11.9. The summed E-state index contributed by atoms with van der Waals surface area (Å²) < 4.78 is 107. The lowest BCUT2D eigenvalue weighted by Crippen LogP contribution is -2.49. The first kappa shape index (κ1) is 32.4. The molecule has 4 nitrogen and oxygen atoms in total. The molecule has 0 N–H and O–H groups in total. The smallest absolute Gasteiger partial charge is 0.416 e. The normalized spacial score (nSPS) is 21.1. The van der Waals surface area contributed by atoms with E-state index in [4.69, 9.17) is 9.47 Å². The highest BCUT2D eigenvalue weighted by molar-refractivity contribution is 5.90. The molecule has 45 heavy (non-hydrogen) atoms. The van der Waals surface area contributed by atoms with Gasteiger partial charge in [0.05, 0.1) is 12.7 Å². The summed E-state index contributed by atoms with van der Waals surface area (Å²) in [6.45, 7) is 5.43.